The van der Waals surface area contributed by atoms with Crippen molar-refractivity contribution in [2.24, 2.45) is 0 Å². The van der Waals surface area contributed by atoms with Crippen LogP contribution in [0.2, 0.25) is 0 Å². The first-order chi connectivity index (χ1) is 19.3. The summed E-state index contributed by atoms with van der Waals surface area (Å²) in [6.07, 6.45) is 4.07. The third kappa shape index (κ3) is 5.76. The molecule has 4 heterocycles. The van der Waals surface area contributed by atoms with Crippen LogP contribution in [0, 0.1) is 0 Å². The Kier molecular flexibility index (Phi) is 6.85. The highest BCUT2D eigenvalue weighted by Gasteiger charge is 2.24. The number of carbonyl (C=O) groups excluding carboxylic acids is 1. The second-order valence-electron chi connectivity index (χ2n) is 10.7. The maximum Gasteiger partial charge on any atom is 0.410 e. The van der Waals surface area contributed by atoms with E-state index in [-0.39, 0.29) is 6.09 Å². The van der Waals surface area contributed by atoms with Crippen LogP contribution < -0.4 is 10.6 Å². The number of amides is 1. The number of H-pyrrole nitrogens is 1. The summed E-state index contributed by atoms with van der Waals surface area (Å²) in [5.74, 6) is 0.727. The molecule has 1 aliphatic rings. The van der Waals surface area contributed by atoms with Gasteiger partial charge in [-0.15, -0.1) is 0 Å². The molecule has 40 heavy (non-hydrogen) atoms. The average Bonchev–Trinajstić information content (AvgIpc) is 3.56. The molecule has 1 aliphatic heterocycles. The van der Waals surface area contributed by atoms with Crippen LogP contribution in [0.25, 0.3) is 26.8 Å². The first-order valence-corrected chi connectivity index (χ1v) is 14.1. The lowest BCUT2D eigenvalue weighted by Crippen LogP contribution is -2.39. The maximum absolute atomic E-state index is 12.4. The van der Waals surface area contributed by atoms with Gasteiger partial charge in [0.1, 0.15) is 23.4 Å². The molecule has 0 saturated heterocycles. The minimum Gasteiger partial charge on any atom is -0.444 e. The minimum atomic E-state index is -0.508. The van der Waals surface area contributed by atoms with Crippen molar-refractivity contribution < 1.29 is 9.53 Å². The molecular formula is C30H31N7O2S. The summed E-state index contributed by atoms with van der Waals surface area (Å²) in [6.45, 7) is 7.48. The molecule has 10 heteroatoms. The van der Waals surface area contributed by atoms with Crippen LogP contribution in [0.5, 0.6) is 0 Å². The number of aromatic nitrogens is 4. The molecule has 1 amide bonds. The Bertz CT molecular complexity index is 1700. The molecule has 0 radical (unpaired) electrons. The smallest absolute Gasteiger partial charge is 0.410 e. The van der Waals surface area contributed by atoms with E-state index in [1.807, 2.05) is 51.1 Å². The van der Waals surface area contributed by atoms with Gasteiger partial charge in [-0.2, -0.15) is 0 Å². The van der Waals surface area contributed by atoms with Crippen LogP contribution >= 0.6 is 11.3 Å². The summed E-state index contributed by atoms with van der Waals surface area (Å²) >= 11 is 1.63. The Hall–Kier alpha value is -4.44. The molecule has 6 rings (SSSR count). The van der Waals surface area contributed by atoms with Crippen molar-refractivity contribution in [3.8, 4) is 0 Å². The van der Waals surface area contributed by atoms with E-state index in [1.54, 1.807) is 22.6 Å². The van der Waals surface area contributed by atoms with E-state index in [2.05, 4.69) is 55.9 Å². The van der Waals surface area contributed by atoms with Gasteiger partial charge in [0, 0.05) is 31.0 Å². The lowest BCUT2D eigenvalue weighted by Gasteiger charge is -2.29. The van der Waals surface area contributed by atoms with Crippen molar-refractivity contribution in [2.75, 3.05) is 23.7 Å². The molecule has 0 atom stereocenters. The highest BCUT2D eigenvalue weighted by Crippen LogP contribution is 2.32. The van der Waals surface area contributed by atoms with Gasteiger partial charge in [-0.25, -0.2) is 19.7 Å². The lowest BCUT2D eigenvalue weighted by atomic mass is 10.1. The quantitative estimate of drug-likeness (QED) is 0.209. The zero-order chi connectivity index (χ0) is 27.7. The fourth-order valence-corrected chi connectivity index (χ4v) is 5.51. The first kappa shape index (κ1) is 25.8. The number of anilines is 3. The monoisotopic (exact) mass is 553 g/mol. The topological polar surface area (TPSA) is 108 Å². The number of aromatic amines is 1. The van der Waals surface area contributed by atoms with E-state index in [0.29, 0.717) is 13.1 Å². The molecule has 0 unspecified atom stereocenters. The normalized spacial score (nSPS) is 13.9. The number of nitrogens with one attached hydrogen (secondary N) is 3. The molecule has 204 valence electrons. The Morgan fingerprint density at radius 2 is 1.98 bits per heavy atom. The number of thiazole rings is 1. The first-order valence-electron chi connectivity index (χ1n) is 13.3. The van der Waals surface area contributed by atoms with Crippen LogP contribution in [0.15, 0.2) is 67.0 Å². The number of benzene rings is 2. The summed E-state index contributed by atoms with van der Waals surface area (Å²) in [5, 5.41) is 8.68. The zero-order valence-corrected chi connectivity index (χ0v) is 23.5. The SMILES string of the molecule is CC(C)(C)OC(=O)N1CC=C(c2cc3c(Nc4ccc5nc(NCc6ccccc6)sc5c4)ncnc3[nH]2)CC1. The Morgan fingerprint density at radius 3 is 2.75 bits per heavy atom. The van der Waals surface area contributed by atoms with Crippen molar-refractivity contribution in [2.45, 2.75) is 39.3 Å². The van der Waals surface area contributed by atoms with Gasteiger partial charge in [-0.1, -0.05) is 47.7 Å². The van der Waals surface area contributed by atoms with E-state index >= 15 is 0 Å². The van der Waals surface area contributed by atoms with E-state index in [4.69, 9.17) is 9.72 Å². The Morgan fingerprint density at radius 1 is 1.12 bits per heavy atom. The van der Waals surface area contributed by atoms with Crippen LogP contribution in [0.4, 0.5) is 21.4 Å². The highest BCUT2D eigenvalue weighted by molar-refractivity contribution is 7.22. The molecule has 9 nitrogen and oxygen atoms in total. The molecule has 0 saturated carbocycles. The molecule has 3 N–H and O–H groups in total. The van der Waals surface area contributed by atoms with Crippen molar-refractivity contribution >= 4 is 60.9 Å². The van der Waals surface area contributed by atoms with Gasteiger partial charge in [0.15, 0.2) is 5.13 Å². The summed E-state index contributed by atoms with van der Waals surface area (Å²) in [5.41, 5.74) is 5.47. The van der Waals surface area contributed by atoms with Crippen LogP contribution in [-0.2, 0) is 11.3 Å². The fourth-order valence-electron chi connectivity index (χ4n) is 4.61. The van der Waals surface area contributed by atoms with E-state index in [1.165, 1.54) is 5.56 Å². The standard InChI is InChI=1S/C30H31N7O2S/c1-30(2,3)39-29(38)37-13-11-20(12-14-37)24-16-22-26(32-18-33-27(22)35-24)34-21-9-10-23-25(15-21)40-28(36-23)31-17-19-7-5-4-6-8-19/h4-11,15-16,18H,12-14,17H2,1-3H3,(H,31,36)(H2,32,33,34,35). The fraction of sp³-hybridized carbons (Fsp3) is 0.267. The number of rotatable bonds is 6. The molecule has 5 aromatic rings. The number of carbonyl (C=O) groups is 1. The Balaban J connectivity index is 1.17. The molecule has 0 aliphatic carbocycles. The number of nitrogens with zero attached hydrogens (tertiary/aromatic N) is 4. The van der Waals surface area contributed by atoms with E-state index in [9.17, 15) is 4.79 Å². The summed E-state index contributed by atoms with van der Waals surface area (Å²) < 4.78 is 6.60. The van der Waals surface area contributed by atoms with Gasteiger partial charge in [0.25, 0.3) is 0 Å². The van der Waals surface area contributed by atoms with Gasteiger partial charge >= 0.3 is 6.09 Å². The van der Waals surface area contributed by atoms with Crippen LogP contribution in [0.1, 0.15) is 38.4 Å². The molecule has 3 aromatic heterocycles. The summed E-state index contributed by atoms with van der Waals surface area (Å²) in [7, 11) is 0. The summed E-state index contributed by atoms with van der Waals surface area (Å²) in [4.78, 5) is 31.3. The van der Waals surface area contributed by atoms with Crippen molar-refractivity contribution in [1.29, 1.82) is 0 Å². The number of hydrogen-bond donors (Lipinski definition) is 3. The second kappa shape index (κ2) is 10.6. The van der Waals surface area contributed by atoms with E-state index < -0.39 is 5.60 Å². The molecule has 0 fully saturated rings. The number of ether oxygens (including phenoxy) is 1. The molecule has 2 aromatic carbocycles. The minimum absolute atomic E-state index is 0.284. The summed E-state index contributed by atoms with van der Waals surface area (Å²) in [6, 6.07) is 18.5. The number of hydrogen-bond acceptors (Lipinski definition) is 8. The van der Waals surface area contributed by atoms with Gasteiger partial charge < -0.3 is 25.3 Å². The van der Waals surface area contributed by atoms with Crippen LogP contribution in [0.3, 0.4) is 0 Å². The third-order valence-corrected chi connectivity index (χ3v) is 7.55. The van der Waals surface area contributed by atoms with Gasteiger partial charge in [0.05, 0.1) is 15.6 Å². The van der Waals surface area contributed by atoms with Gasteiger partial charge in [-0.3, -0.25) is 0 Å². The lowest BCUT2D eigenvalue weighted by molar-refractivity contribution is 0.0270. The maximum atomic E-state index is 12.4. The van der Waals surface area contributed by atoms with E-state index in [0.717, 1.165) is 62.1 Å². The zero-order valence-electron chi connectivity index (χ0n) is 22.7. The second-order valence-corrected chi connectivity index (χ2v) is 11.8. The number of fused-ring (bicyclic) bond motifs is 2. The predicted molar refractivity (Wildman–Crippen MR) is 161 cm³/mol. The Labute approximate surface area is 236 Å². The molecule has 0 spiro atoms. The highest BCUT2D eigenvalue weighted by atomic mass is 32.1. The van der Waals surface area contributed by atoms with Crippen molar-refractivity contribution in [3.63, 3.8) is 0 Å². The van der Waals surface area contributed by atoms with Crippen molar-refractivity contribution in [3.05, 3.63) is 78.3 Å². The van der Waals surface area contributed by atoms with Crippen LogP contribution in [-0.4, -0.2) is 49.6 Å². The molecular weight excluding hydrogens is 522 g/mol. The van der Waals surface area contributed by atoms with Gasteiger partial charge in [0.2, 0.25) is 0 Å². The van der Waals surface area contributed by atoms with Gasteiger partial charge in [-0.05, 0) is 62.6 Å². The average molecular weight is 554 g/mol. The molecule has 0 bridgehead atoms. The third-order valence-electron chi connectivity index (χ3n) is 6.57. The van der Waals surface area contributed by atoms with Crippen molar-refractivity contribution in [1.82, 2.24) is 24.8 Å². The largest absolute Gasteiger partial charge is 0.444 e. The predicted octanol–water partition coefficient (Wildman–Crippen LogP) is 6.95.